The largest absolute Gasteiger partial charge is 0.493 e. The smallest absolute Gasteiger partial charge is 0.325 e. The van der Waals surface area contributed by atoms with E-state index >= 15 is 0 Å². The van der Waals surface area contributed by atoms with Crippen LogP contribution in [0.25, 0.3) is 0 Å². The Balaban J connectivity index is 2.12. The highest BCUT2D eigenvalue weighted by Crippen LogP contribution is 2.26. The zero-order chi connectivity index (χ0) is 14.5. The molecule has 0 unspecified atom stereocenters. The Kier molecular flexibility index (Phi) is 4.19. The third kappa shape index (κ3) is 3.25. The Bertz CT molecular complexity index is 609. The van der Waals surface area contributed by atoms with E-state index in [1.54, 1.807) is 26.2 Å². The summed E-state index contributed by atoms with van der Waals surface area (Å²) in [6.07, 6.45) is 0. The third-order valence-corrected chi connectivity index (χ3v) is 2.57. The topological polar surface area (TPSA) is 86.5 Å². The third-order valence-electron chi connectivity index (χ3n) is 2.57. The lowest BCUT2D eigenvalue weighted by Gasteiger charge is -2.10. The maximum Gasteiger partial charge on any atom is 0.325 e. The standard InChI is InChI=1S/C13H15N3O4/c1-9-14-12(16(15-9)7-13(17)18)8-20-11-6-4-3-5-10(11)19-2/h3-6H,7-8H2,1-2H3,(H,17,18). The first-order valence-corrected chi connectivity index (χ1v) is 5.98. The van der Waals surface area contributed by atoms with Crippen LogP contribution in [0.2, 0.25) is 0 Å². The molecular weight excluding hydrogens is 262 g/mol. The summed E-state index contributed by atoms with van der Waals surface area (Å²) in [5.74, 6) is 1.15. The number of aromatic nitrogens is 3. The van der Waals surface area contributed by atoms with E-state index in [4.69, 9.17) is 14.6 Å². The zero-order valence-electron chi connectivity index (χ0n) is 11.2. The molecule has 0 saturated heterocycles. The van der Waals surface area contributed by atoms with Crippen LogP contribution in [0.15, 0.2) is 24.3 Å². The van der Waals surface area contributed by atoms with Crippen molar-refractivity contribution in [1.82, 2.24) is 14.8 Å². The number of hydrogen-bond donors (Lipinski definition) is 1. The van der Waals surface area contributed by atoms with E-state index in [0.29, 0.717) is 23.1 Å². The molecule has 1 aromatic heterocycles. The van der Waals surface area contributed by atoms with Crippen molar-refractivity contribution in [2.24, 2.45) is 0 Å². The fraction of sp³-hybridized carbons (Fsp3) is 0.308. The maximum atomic E-state index is 10.8. The van der Waals surface area contributed by atoms with E-state index in [-0.39, 0.29) is 13.2 Å². The first-order valence-electron chi connectivity index (χ1n) is 5.98. The van der Waals surface area contributed by atoms with Gasteiger partial charge in [-0.1, -0.05) is 12.1 Å². The van der Waals surface area contributed by atoms with E-state index < -0.39 is 5.97 Å². The fourth-order valence-corrected chi connectivity index (χ4v) is 1.74. The van der Waals surface area contributed by atoms with Crippen molar-refractivity contribution < 1.29 is 19.4 Å². The number of carbonyl (C=O) groups is 1. The van der Waals surface area contributed by atoms with Gasteiger partial charge in [0, 0.05) is 0 Å². The van der Waals surface area contributed by atoms with Gasteiger partial charge >= 0.3 is 5.97 Å². The predicted molar refractivity (Wildman–Crippen MR) is 69.7 cm³/mol. The number of methoxy groups -OCH3 is 1. The van der Waals surface area contributed by atoms with Gasteiger partial charge in [-0.25, -0.2) is 9.67 Å². The Labute approximate surface area is 115 Å². The molecule has 2 aromatic rings. The summed E-state index contributed by atoms with van der Waals surface area (Å²) in [7, 11) is 1.55. The first-order chi connectivity index (χ1) is 9.60. The number of carboxylic acid groups (broad SMARTS) is 1. The molecule has 0 atom stereocenters. The van der Waals surface area contributed by atoms with Gasteiger partial charge in [-0.15, -0.1) is 0 Å². The highest BCUT2D eigenvalue weighted by molar-refractivity contribution is 5.66. The maximum absolute atomic E-state index is 10.8. The van der Waals surface area contributed by atoms with Crippen LogP contribution >= 0.6 is 0 Å². The summed E-state index contributed by atoms with van der Waals surface area (Å²) in [5, 5.41) is 12.8. The fourth-order valence-electron chi connectivity index (χ4n) is 1.74. The van der Waals surface area contributed by atoms with Gasteiger partial charge < -0.3 is 14.6 Å². The Hall–Kier alpha value is -2.57. The molecule has 7 nitrogen and oxygen atoms in total. The number of hydrogen-bond acceptors (Lipinski definition) is 5. The summed E-state index contributed by atoms with van der Waals surface area (Å²) in [5.41, 5.74) is 0. The average Bonchev–Trinajstić information content (AvgIpc) is 2.76. The Morgan fingerprint density at radius 2 is 2.05 bits per heavy atom. The van der Waals surface area contributed by atoms with Crippen LogP contribution < -0.4 is 9.47 Å². The quantitative estimate of drug-likeness (QED) is 0.855. The van der Waals surface area contributed by atoms with Crippen molar-refractivity contribution in [1.29, 1.82) is 0 Å². The molecule has 106 valence electrons. The number of aliphatic carboxylic acids is 1. The number of carboxylic acids is 1. The van der Waals surface area contributed by atoms with E-state index in [2.05, 4.69) is 10.1 Å². The van der Waals surface area contributed by atoms with Gasteiger partial charge in [0.1, 0.15) is 19.0 Å². The van der Waals surface area contributed by atoms with Crippen molar-refractivity contribution in [3.63, 3.8) is 0 Å². The molecule has 2 rings (SSSR count). The second-order valence-corrected chi connectivity index (χ2v) is 4.07. The number of rotatable bonds is 6. The minimum absolute atomic E-state index is 0.120. The van der Waals surface area contributed by atoms with Gasteiger partial charge in [0.25, 0.3) is 0 Å². The molecule has 0 fully saturated rings. The van der Waals surface area contributed by atoms with Crippen molar-refractivity contribution in [3.8, 4) is 11.5 Å². The molecule has 7 heteroatoms. The van der Waals surface area contributed by atoms with Gasteiger partial charge in [0.15, 0.2) is 17.3 Å². The average molecular weight is 277 g/mol. The van der Waals surface area contributed by atoms with E-state index in [1.165, 1.54) is 4.68 Å². The lowest BCUT2D eigenvalue weighted by atomic mass is 10.3. The molecule has 1 N–H and O–H groups in total. The van der Waals surface area contributed by atoms with Gasteiger partial charge in [-0.05, 0) is 19.1 Å². The summed E-state index contributed by atoms with van der Waals surface area (Å²) >= 11 is 0. The van der Waals surface area contributed by atoms with Gasteiger partial charge in [-0.3, -0.25) is 4.79 Å². The van der Waals surface area contributed by atoms with Crippen molar-refractivity contribution >= 4 is 5.97 Å². The molecule has 1 heterocycles. The molecule has 0 amide bonds. The molecule has 1 aromatic carbocycles. The van der Waals surface area contributed by atoms with Crippen molar-refractivity contribution in [2.75, 3.05) is 7.11 Å². The van der Waals surface area contributed by atoms with Crippen LogP contribution in [0.1, 0.15) is 11.6 Å². The molecule has 20 heavy (non-hydrogen) atoms. The van der Waals surface area contributed by atoms with Gasteiger partial charge in [0.05, 0.1) is 7.11 Å². The van der Waals surface area contributed by atoms with Crippen LogP contribution in [0.3, 0.4) is 0 Å². The SMILES string of the molecule is COc1ccccc1OCc1nc(C)nn1CC(=O)O. The summed E-state index contributed by atoms with van der Waals surface area (Å²) in [6, 6.07) is 7.21. The normalized spacial score (nSPS) is 10.3. The number of benzene rings is 1. The van der Waals surface area contributed by atoms with E-state index in [0.717, 1.165) is 0 Å². The molecule has 0 aliphatic rings. The number of para-hydroxylation sites is 2. The molecular formula is C13H15N3O4. The first kappa shape index (κ1) is 13.9. The second kappa shape index (κ2) is 6.05. The lowest BCUT2D eigenvalue weighted by Crippen LogP contribution is -2.15. The minimum Gasteiger partial charge on any atom is -0.493 e. The van der Waals surface area contributed by atoms with Crippen LogP contribution in [0.4, 0.5) is 0 Å². The molecule has 0 aliphatic carbocycles. The summed E-state index contributed by atoms with van der Waals surface area (Å²) in [6.45, 7) is 1.57. The summed E-state index contributed by atoms with van der Waals surface area (Å²) in [4.78, 5) is 14.9. The lowest BCUT2D eigenvalue weighted by molar-refractivity contribution is -0.138. The van der Waals surface area contributed by atoms with Crippen molar-refractivity contribution in [3.05, 3.63) is 35.9 Å². The molecule has 0 radical (unpaired) electrons. The van der Waals surface area contributed by atoms with Crippen LogP contribution in [0, 0.1) is 6.92 Å². The van der Waals surface area contributed by atoms with Gasteiger partial charge in [0.2, 0.25) is 0 Å². The molecule has 0 aliphatic heterocycles. The van der Waals surface area contributed by atoms with Gasteiger partial charge in [-0.2, -0.15) is 5.10 Å². The highest BCUT2D eigenvalue weighted by Gasteiger charge is 2.12. The van der Waals surface area contributed by atoms with E-state index in [9.17, 15) is 4.79 Å². The highest BCUT2D eigenvalue weighted by atomic mass is 16.5. The minimum atomic E-state index is -0.978. The number of aryl methyl sites for hydroxylation is 1. The molecule has 0 bridgehead atoms. The monoisotopic (exact) mass is 277 g/mol. The predicted octanol–water partition coefficient (Wildman–Crippen LogP) is 1.26. The second-order valence-electron chi connectivity index (χ2n) is 4.07. The molecule has 0 spiro atoms. The molecule has 0 saturated carbocycles. The van der Waals surface area contributed by atoms with Crippen LogP contribution in [0.5, 0.6) is 11.5 Å². The Morgan fingerprint density at radius 3 is 2.70 bits per heavy atom. The van der Waals surface area contributed by atoms with Crippen LogP contribution in [-0.2, 0) is 17.9 Å². The number of nitrogens with zero attached hydrogens (tertiary/aromatic N) is 3. The van der Waals surface area contributed by atoms with E-state index in [1.807, 2.05) is 12.1 Å². The van der Waals surface area contributed by atoms with Crippen LogP contribution in [-0.4, -0.2) is 33.0 Å². The number of ether oxygens (including phenoxy) is 2. The Morgan fingerprint density at radius 1 is 1.35 bits per heavy atom. The summed E-state index contributed by atoms with van der Waals surface area (Å²) < 4.78 is 12.1. The zero-order valence-corrected chi connectivity index (χ0v) is 11.2. The van der Waals surface area contributed by atoms with Crippen molar-refractivity contribution in [2.45, 2.75) is 20.1 Å².